The third-order valence-electron chi connectivity index (χ3n) is 4.88. The van der Waals surface area contributed by atoms with Gasteiger partial charge in [0, 0.05) is 11.1 Å². The summed E-state index contributed by atoms with van der Waals surface area (Å²) in [6.45, 7) is 16.8. The van der Waals surface area contributed by atoms with Gasteiger partial charge in [-0.1, -0.05) is 58.2 Å². The Morgan fingerprint density at radius 2 is 1.68 bits per heavy atom. The van der Waals surface area contributed by atoms with Gasteiger partial charge in [0.1, 0.15) is 6.29 Å². The lowest BCUT2D eigenvalue weighted by Crippen LogP contribution is -2.46. The second-order valence-corrected chi connectivity index (χ2v) is 7.30. The van der Waals surface area contributed by atoms with E-state index in [1.165, 1.54) is 12.8 Å². The second-order valence-electron chi connectivity index (χ2n) is 6.86. The van der Waals surface area contributed by atoms with Crippen molar-refractivity contribution in [3.05, 3.63) is 34.3 Å². The van der Waals surface area contributed by atoms with E-state index in [-0.39, 0.29) is 5.41 Å². The lowest BCUT2D eigenvalue weighted by Gasteiger charge is -2.41. The van der Waals surface area contributed by atoms with Crippen LogP contribution in [0.2, 0.25) is 5.02 Å². The van der Waals surface area contributed by atoms with E-state index in [0.717, 1.165) is 43.3 Å². The van der Waals surface area contributed by atoms with Gasteiger partial charge < -0.3 is 9.69 Å². The summed E-state index contributed by atoms with van der Waals surface area (Å²) in [5.74, 6) is 0. The minimum Gasteiger partial charge on any atom is -0.302 e. The highest BCUT2D eigenvalue weighted by Gasteiger charge is 2.37. The number of hydrogen-bond donors (Lipinski definition) is 0. The minimum absolute atomic E-state index is 0.347. The molecule has 0 saturated carbocycles. The number of benzene rings is 1. The van der Waals surface area contributed by atoms with Crippen molar-refractivity contribution >= 4 is 17.9 Å². The average molecular weight is 368 g/mol. The first-order valence-electron chi connectivity index (χ1n) is 9.87. The summed E-state index contributed by atoms with van der Waals surface area (Å²) in [5, 5.41) is 0.716. The van der Waals surface area contributed by atoms with E-state index >= 15 is 0 Å². The van der Waals surface area contributed by atoms with E-state index in [1.54, 1.807) is 0 Å². The number of likely N-dealkylation sites (tertiary alicyclic amines) is 1. The predicted octanol–water partition coefficient (Wildman–Crippen LogP) is 6.42. The molecule has 1 fully saturated rings. The molecule has 0 unspecified atom stereocenters. The summed E-state index contributed by atoms with van der Waals surface area (Å²) in [7, 11) is 0. The van der Waals surface area contributed by atoms with Crippen molar-refractivity contribution in [1.82, 2.24) is 4.90 Å². The van der Waals surface area contributed by atoms with Gasteiger partial charge in [-0.05, 0) is 70.0 Å². The standard InChI is InChI=1S/C16H22ClNO.C4H10.C2H6/c1-12(2)18-8-6-16(11-19,7-9-18)15-10-14(17)5-4-13(15)3;1-3-4-2;1-2/h4-5,10-12H,6-9H2,1-3H3;3-4H2,1-2H3;1-2H3. The van der Waals surface area contributed by atoms with Gasteiger partial charge in [-0.15, -0.1) is 0 Å². The molecule has 144 valence electrons. The molecule has 1 aliphatic heterocycles. The topological polar surface area (TPSA) is 20.3 Å². The molecule has 25 heavy (non-hydrogen) atoms. The zero-order valence-corrected chi connectivity index (χ0v) is 18.1. The fourth-order valence-electron chi connectivity index (χ4n) is 3.02. The second kappa shape index (κ2) is 12.5. The zero-order valence-electron chi connectivity index (χ0n) is 17.4. The lowest BCUT2D eigenvalue weighted by molar-refractivity contribution is -0.114. The van der Waals surface area contributed by atoms with Crippen molar-refractivity contribution in [3.63, 3.8) is 0 Å². The van der Waals surface area contributed by atoms with E-state index in [1.807, 2.05) is 32.0 Å². The van der Waals surface area contributed by atoms with Gasteiger partial charge in [0.05, 0.1) is 5.41 Å². The molecule has 2 nitrogen and oxygen atoms in total. The number of unbranched alkanes of at least 4 members (excludes halogenated alkanes) is 1. The monoisotopic (exact) mass is 367 g/mol. The van der Waals surface area contributed by atoms with Crippen LogP contribution in [0.5, 0.6) is 0 Å². The Hall–Kier alpha value is -0.860. The molecule has 1 aromatic carbocycles. The van der Waals surface area contributed by atoms with Gasteiger partial charge >= 0.3 is 0 Å². The molecule has 1 heterocycles. The Morgan fingerprint density at radius 3 is 2.08 bits per heavy atom. The van der Waals surface area contributed by atoms with Crippen molar-refractivity contribution in [3.8, 4) is 0 Å². The highest BCUT2D eigenvalue weighted by molar-refractivity contribution is 6.30. The highest BCUT2D eigenvalue weighted by atomic mass is 35.5. The molecular weight excluding hydrogens is 330 g/mol. The van der Waals surface area contributed by atoms with Crippen molar-refractivity contribution < 1.29 is 4.79 Å². The number of aldehydes is 1. The zero-order chi connectivity index (χ0) is 19.5. The molecule has 0 bridgehead atoms. The number of carbonyl (C=O) groups excluding carboxylic acids is 1. The molecule has 1 aliphatic rings. The number of halogens is 1. The molecule has 0 amide bonds. The molecule has 0 radical (unpaired) electrons. The van der Waals surface area contributed by atoms with Crippen LogP contribution in [0.15, 0.2) is 18.2 Å². The van der Waals surface area contributed by atoms with Crippen molar-refractivity contribution in [2.45, 2.75) is 85.6 Å². The summed E-state index contributed by atoms with van der Waals surface area (Å²) < 4.78 is 0. The van der Waals surface area contributed by atoms with Crippen molar-refractivity contribution in [1.29, 1.82) is 0 Å². The van der Waals surface area contributed by atoms with Crippen LogP contribution >= 0.6 is 11.6 Å². The van der Waals surface area contributed by atoms with Gasteiger partial charge in [-0.2, -0.15) is 0 Å². The molecule has 0 atom stereocenters. The van der Waals surface area contributed by atoms with Gasteiger partial charge in [0.2, 0.25) is 0 Å². The summed E-state index contributed by atoms with van der Waals surface area (Å²) in [5.41, 5.74) is 1.92. The normalized spacial score (nSPS) is 16.4. The number of piperidine rings is 1. The van der Waals surface area contributed by atoms with Crippen LogP contribution in [0, 0.1) is 6.92 Å². The Balaban J connectivity index is 0.000000845. The highest BCUT2D eigenvalue weighted by Crippen LogP contribution is 2.37. The predicted molar refractivity (Wildman–Crippen MR) is 112 cm³/mol. The maximum absolute atomic E-state index is 11.8. The van der Waals surface area contributed by atoms with Crippen molar-refractivity contribution in [2.75, 3.05) is 13.1 Å². The molecule has 0 N–H and O–H groups in total. The van der Waals surface area contributed by atoms with Crippen LogP contribution in [0.1, 0.15) is 78.4 Å². The summed E-state index contributed by atoms with van der Waals surface area (Å²) in [6.07, 6.45) is 5.55. The molecule has 1 saturated heterocycles. The fraction of sp³-hybridized carbons (Fsp3) is 0.682. The van der Waals surface area contributed by atoms with Gasteiger partial charge in [0.25, 0.3) is 0 Å². The molecule has 0 aromatic heterocycles. The van der Waals surface area contributed by atoms with Crippen molar-refractivity contribution in [2.24, 2.45) is 0 Å². The number of hydrogen-bond acceptors (Lipinski definition) is 2. The third-order valence-corrected chi connectivity index (χ3v) is 5.12. The number of nitrogens with zero attached hydrogens (tertiary/aromatic N) is 1. The van der Waals surface area contributed by atoms with Crippen LogP contribution in [-0.4, -0.2) is 30.3 Å². The lowest BCUT2D eigenvalue weighted by atomic mass is 9.72. The van der Waals surface area contributed by atoms with Gasteiger partial charge in [-0.25, -0.2) is 0 Å². The Morgan fingerprint density at radius 1 is 1.16 bits per heavy atom. The SMILES string of the molecule is CC.CCCC.Cc1ccc(Cl)cc1C1(C=O)CCN(C(C)C)CC1. The first-order valence-corrected chi connectivity index (χ1v) is 10.2. The van der Waals surface area contributed by atoms with Gasteiger partial charge in [0.15, 0.2) is 0 Å². The van der Waals surface area contributed by atoms with E-state index < -0.39 is 0 Å². The Bertz CT molecular complexity index is 489. The number of aryl methyl sites for hydroxylation is 1. The van der Waals surface area contributed by atoms with E-state index in [9.17, 15) is 4.79 Å². The summed E-state index contributed by atoms with van der Waals surface area (Å²) in [4.78, 5) is 14.2. The maximum Gasteiger partial charge on any atom is 0.130 e. The van der Waals surface area contributed by atoms with Crippen LogP contribution in [0.3, 0.4) is 0 Å². The molecule has 3 heteroatoms. The summed E-state index contributed by atoms with van der Waals surface area (Å²) >= 11 is 6.11. The van der Waals surface area contributed by atoms with Crippen LogP contribution < -0.4 is 0 Å². The van der Waals surface area contributed by atoms with Crippen LogP contribution in [-0.2, 0) is 10.2 Å². The smallest absolute Gasteiger partial charge is 0.130 e. The first kappa shape index (κ1) is 24.1. The minimum atomic E-state index is -0.347. The fourth-order valence-corrected chi connectivity index (χ4v) is 3.19. The molecule has 0 aliphatic carbocycles. The average Bonchev–Trinajstić information content (AvgIpc) is 2.65. The molecule has 0 spiro atoms. The van der Waals surface area contributed by atoms with E-state index in [0.29, 0.717) is 11.1 Å². The summed E-state index contributed by atoms with van der Waals surface area (Å²) in [6, 6.07) is 6.42. The Kier molecular flexibility index (Phi) is 12.1. The Labute approximate surface area is 161 Å². The molecule has 1 aromatic rings. The van der Waals surface area contributed by atoms with Gasteiger partial charge in [-0.3, -0.25) is 0 Å². The van der Waals surface area contributed by atoms with Crippen LogP contribution in [0.4, 0.5) is 0 Å². The van der Waals surface area contributed by atoms with E-state index in [4.69, 9.17) is 11.6 Å². The largest absolute Gasteiger partial charge is 0.302 e. The first-order chi connectivity index (χ1) is 11.9. The van der Waals surface area contributed by atoms with E-state index in [2.05, 4.69) is 39.5 Å². The quantitative estimate of drug-likeness (QED) is 0.572. The number of carbonyl (C=O) groups is 1. The number of rotatable bonds is 4. The maximum atomic E-state index is 11.8. The third kappa shape index (κ3) is 7.11. The molecular formula is C22H38ClNO. The molecule has 2 rings (SSSR count). The van der Waals surface area contributed by atoms with Crippen LogP contribution in [0.25, 0.3) is 0 Å².